The average Bonchev–Trinajstić information content (AvgIpc) is 3.16. The van der Waals surface area contributed by atoms with Gasteiger partial charge in [-0.25, -0.2) is 23.0 Å². The third kappa shape index (κ3) is 3.33. The van der Waals surface area contributed by atoms with E-state index in [2.05, 4.69) is 22.1 Å². The van der Waals surface area contributed by atoms with Crippen LogP contribution in [0.2, 0.25) is 0 Å². The van der Waals surface area contributed by atoms with E-state index >= 15 is 0 Å². The molecule has 0 saturated carbocycles. The second kappa shape index (κ2) is 7.56. The molecule has 0 aliphatic carbocycles. The summed E-state index contributed by atoms with van der Waals surface area (Å²) in [5.41, 5.74) is 1.93. The Bertz CT molecular complexity index is 1340. The van der Waals surface area contributed by atoms with Crippen LogP contribution in [-0.4, -0.2) is 73.1 Å². The fraction of sp³-hybridized carbons (Fsp3) is 0.500. The van der Waals surface area contributed by atoms with Gasteiger partial charge in [0.1, 0.15) is 17.0 Å². The summed E-state index contributed by atoms with van der Waals surface area (Å²) in [5, 5.41) is 3.11. The summed E-state index contributed by atoms with van der Waals surface area (Å²) in [5.74, 6) is 1.89. The summed E-state index contributed by atoms with van der Waals surface area (Å²) in [7, 11) is -1.75. The Kier molecular flexibility index (Phi) is 5.02. The van der Waals surface area contributed by atoms with Crippen molar-refractivity contribution < 1.29 is 17.9 Å². The summed E-state index contributed by atoms with van der Waals surface area (Å²) in [6.45, 7) is 6.81. The number of ether oxygens (including phenoxy) is 2. The van der Waals surface area contributed by atoms with Crippen LogP contribution in [0.3, 0.4) is 0 Å². The minimum atomic E-state index is -3.53. The van der Waals surface area contributed by atoms with Crippen molar-refractivity contribution >= 4 is 32.6 Å². The fourth-order valence-electron chi connectivity index (χ4n) is 4.40. The molecule has 0 spiro atoms. The summed E-state index contributed by atoms with van der Waals surface area (Å²) >= 11 is 0. The van der Waals surface area contributed by atoms with Crippen LogP contribution in [0.5, 0.6) is 5.75 Å². The first-order chi connectivity index (χ1) is 15.6. The van der Waals surface area contributed by atoms with Crippen molar-refractivity contribution in [3.8, 4) is 11.7 Å². The Hall–Kier alpha value is -2.92. The lowest BCUT2D eigenvalue weighted by Gasteiger charge is -2.45. The number of nitrogens with zero attached hydrogens (tertiary/aromatic N) is 5. The Labute approximate surface area is 192 Å². The summed E-state index contributed by atoms with van der Waals surface area (Å²) < 4.78 is 38.0. The Morgan fingerprint density at radius 2 is 1.88 bits per heavy atom. The zero-order valence-electron chi connectivity index (χ0n) is 19.4. The monoisotopic (exact) mass is 472 g/mol. The molecule has 5 rings (SSSR count). The molecule has 1 fully saturated rings. The number of hydrogen-bond acceptors (Lipinski definition) is 9. The molecule has 10 nitrogen and oxygen atoms in total. The van der Waals surface area contributed by atoms with Gasteiger partial charge in [0.15, 0.2) is 21.4 Å². The standard InChI is InChI=1S/C22H28N6O4S/c1-13-10-31-11-14-12-32-17-18(22(2,3)33(5,29)30)25-21(26-19(17)27(13)14)28-16-9-7-6-8-15(16)24-20(28)23-4/h6-9,13-14H,10-12H2,1-5H3,(H,23,24)/t13-,14-/m1/s1. The second-order valence-electron chi connectivity index (χ2n) is 9.08. The quantitative estimate of drug-likeness (QED) is 0.610. The maximum Gasteiger partial charge on any atom is 0.239 e. The van der Waals surface area contributed by atoms with E-state index in [1.807, 2.05) is 28.8 Å². The molecule has 1 aromatic carbocycles. The van der Waals surface area contributed by atoms with Crippen LogP contribution in [0.1, 0.15) is 26.5 Å². The number of imidazole rings is 1. The molecule has 2 aliphatic heterocycles. The Morgan fingerprint density at radius 3 is 2.61 bits per heavy atom. The van der Waals surface area contributed by atoms with Crippen LogP contribution in [0, 0.1) is 0 Å². The number of morpholine rings is 1. The first-order valence-corrected chi connectivity index (χ1v) is 12.8. The summed E-state index contributed by atoms with van der Waals surface area (Å²) in [6.07, 6.45) is 1.22. The van der Waals surface area contributed by atoms with Gasteiger partial charge < -0.3 is 19.7 Å². The highest BCUT2D eigenvalue weighted by atomic mass is 32.2. The van der Waals surface area contributed by atoms with E-state index in [0.29, 0.717) is 49.0 Å². The Morgan fingerprint density at radius 1 is 1.12 bits per heavy atom. The number of sulfone groups is 1. The lowest BCUT2D eigenvalue weighted by Crippen LogP contribution is -2.56. The molecule has 33 heavy (non-hydrogen) atoms. The van der Waals surface area contributed by atoms with Gasteiger partial charge in [0.2, 0.25) is 11.9 Å². The zero-order valence-corrected chi connectivity index (χ0v) is 20.2. The third-order valence-electron chi connectivity index (χ3n) is 6.52. The lowest BCUT2D eigenvalue weighted by molar-refractivity contribution is 0.0482. The highest BCUT2D eigenvalue weighted by Gasteiger charge is 2.44. The highest BCUT2D eigenvalue weighted by molar-refractivity contribution is 7.91. The normalized spacial score (nSPS) is 20.8. The predicted molar refractivity (Wildman–Crippen MR) is 126 cm³/mol. The number of para-hydroxylation sites is 2. The molecule has 11 heteroatoms. The van der Waals surface area contributed by atoms with Gasteiger partial charge in [-0.3, -0.25) is 0 Å². The van der Waals surface area contributed by atoms with E-state index in [1.54, 1.807) is 20.9 Å². The molecule has 4 heterocycles. The maximum absolute atomic E-state index is 12.8. The molecule has 0 radical (unpaired) electrons. The van der Waals surface area contributed by atoms with E-state index in [9.17, 15) is 8.42 Å². The van der Waals surface area contributed by atoms with Crippen molar-refractivity contribution in [3.63, 3.8) is 0 Å². The largest absolute Gasteiger partial charge is 0.486 e. The minimum Gasteiger partial charge on any atom is -0.486 e. The smallest absolute Gasteiger partial charge is 0.239 e. The van der Waals surface area contributed by atoms with E-state index < -0.39 is 14.6 Å². The molecule has 1 saturated heterocycles. The van der Waals surface area contributed by atoms with Gasteiger partial charge in [-0.15, -0.1) is 0 Å². The molecular formula is C22H28N6O4S. The topological polar surface area (TPSA) is 111 Å². The molecule has 176 valence electrons. The molecular weight excluding hydrogens is 444 g/mol. The van der Waals surface area contributed by atoms with Gasteiger partial charge in [-0.05, 0) is 32.9 Å². The van der Waals surface area contributed by atoms with Crippen LogP contribution in [0.4, 0.5) is 11.8 Å². The first-order valence-electron chi connectivity index (χ1n) is 10.9. The van der Waals surface area contributed by atoms with Crippen molar-refractivity contribution in [3.05, 3.63) is 30.0 Å². The SMILES string of the molecule is CNc1nc2ccccc2n1-c1nc2c(c(C(C)(C)S(C)(=O)=O)n1)OC[C@H]1COC[C@@H](C)N21. The van der Waals surface area contributed by atoms with Crippen molar-refractivity contribution in [2.45, 2.75) is 37.6 Å². The summed E-state index contributed by atoms with van der Waals surface area (Å²) in [4.78, 5) is 16.5. The fourth-order valence-corrected chi connectivity index (χ4v) is 4.89. The Balaban J connectivity index is 1.83. The predicted octanol–water partition coefficient (Wildman–Crippen LogP) is 2.12. The van der Waals surface area contributed by atoms with E-state index in [0.717, 1.165) is 11.0 Å². The van der Waals surface area contributed by atoms with Crippen LogP contribution < -0.4 is 15.0 Å². The van der Waals surface area contributed by atoms with Crippen molar-refractivity contribution in [1.82, 2.24) is 19.5 Å². The number of rotatable bonds is 4. The number of benzene rings is 1. The van der Waals surface area contributed by atoms with Crippen molar-refractivity contribution in [2.24, 2.45) is 0 Å². The van der Waals surface area contributed by atoms with E-state index in [-0.39, 0.29) is 12.1 Å². The number of anilines is 2. The van der Waals surface area contributed by atoms with Gasteiger partial charge >= 0.3 is 0 Å². The lowest BCUT2D eigenvalue weighted by atomic mass is 10.0. The van der Waals surface area contributed by atoms with Gasteiger partial charge in [-0.2, -0.15) is 4.98 Å². The van der Waals surface area contributed by atoms with E-state index in [1.165, 1.54) is 6.26 Å². The minimum absolute atomic E-state index is 0.0125. The zero-order chi connectivity index (χ0) is 23.5. The molecule has 2 atom stereocenters. The van der Waals surface area contributed by atoms with Gasteiger partial charge in [0.05, 0.1) is 36.3 Å². The van der Waals surface area contributed by atoms with Crippen molar-refractivity contribution in [1.29, 1.82) is 0 Å². The number of fused-ring (bicyclic) bond motifs is 4. The second-order valence-corrected chi connectivity index (χ2v) is 11.6. The molecule has 0 amide bonds. The van der Waals surface area contributed by atoms with Crippen LogP contribution in [-0.2, 0) is 19.3 Å². The molecule has 2 aliphatic rings. The molecule has 3 aromatic rings. The van der Waals surface area contributed by atoms with Crippen LogP contribution in [0.15, 0.2) is 24.3 Å². The first kappa shape index (κ1) is 21.9. The third-order valence-corrected chi connectivity index (χ3v) is 8.57. The average molecular weight is 473 g/mol. The van der Waals surface area contributed by atoms with Gasteiger partial charge in [0.25, 0.3) is 0 Å². The van der Waals surface area contributed by atoms with Crippen LogP contribution in [0.25, 0.3) is 17.0 Å². The number of nitrogens with one attached hydrogen (secondary N) is 1. The molecule has 2 aromatic heterocycles. The summed E-state index contributed by atoms with van der Waals surface area (Å²) in [6, 6.07) is 7.72. The van der Waals surface area contributed by atoms with Gasteiger partial charge in [-0.1, -0.05) is 12.1 Å². The molecule has 0 unspecified atom stereocenters. The van der Waals surface area contributed by atoms with Crippen molar-refractivity contribution in [2.75, 3.05) is 43.3 Å². The van der Waals surface area contributed by atoms with Crippen LogP contribution >= 0.6 is 0 Å². The highest BCUT2D eigenvalue weighted by Crippen LogP contribution is 2.44. The molecule has 0 bridgehead atoms. The van der Waals surface area contributed by atoms with Gasteiger partial charge in [0, 0.05) is 13.3 Å². The number of hydrogen-bond donors (Lipinski definition) is 1. The number of aromatic nitrogens is 4. The van der Waals surface area contributed by atoms with E-state index in [4.69, 9.17) is 19.4 Å². The molecule has 1 N–H and O–H groups in total. The maximum atomic E-state index is 12.8.